The van der Waals surface area contributed by atoms with Gasteiger partial charge in [-0.15, -0.1) is 0 Å². The number of carbonyl (C=O) groups is 1. The van der Waals surface area contributed by atoms with Crippen LogP contribution in [0, 0.1) is 0 Å². The van der Waals surface area contributed by atoms with Gasteiger partial charge < -0.3 is 5.32 Å². The second kappa shape index (κ2) is 8.72. The van der Waals surface area contributed by atoms with Gasteiger partial charge in [0.05, 0.1) is 6.04 Å². The number of hydrogen-bond donors (Lipinski definition) is 1. The van der Waals surface area contributed by atoms with Gasteiger partial charge in [0.15, 0.2) is 0 Å². The maximum Gasteiger partial charge on any atom is 0.237 e. The smallest absolute Gasteiger partial charge is 0.237 e. The molecule has 1 aliphatic carbocycles. The third kappa shape index (κ3) is 6.63. The number of nitrogens with one attached hydrogen (secondary N) is 1. The van der Waals surface area contributed by atoms with Crippen LogP contribution in [0.1, 0.15) is 53.4 Å². The van der Waals surface area contributed by atoms with Crippen LogP contribution in [0.2, 0.25) is 0 Å². The van der Waals surface area contributed by atoms with Crippen molar-refractivity contribution in [3.8, 4) is 0 Å². The zero-order valence-corrected chi connectivity index (χ0v) is 16.3. The van der Waals surface area contributed by atoms with Gasteiger partial charge in [-0.1, -0.05) is 33.6 Å². The molecule has 1 N–H and O–H groups in total. The van der Waals surface area contributed by atoms with Crippen LogP contribution in [0.3, 0.4) is 0 Å². The SMILES string of the molecule is CC(C(=O)NC1CCCC1)N1CCN(CCSC(C)(C)C)CC1. The normalized spacial score (nSPS) is 23.1. The molecule has 0 aromatic rings. The number of rotatable bonds is 6. The zero-order valence-electron chi connectivity index (χ0n) is 15.4. The number of carbonyl (C=O) groups excluding carboxylic acids is 1. The largest absolute Gasteiger partial charge is 0.352 e. The van der Waals surface area contributed by atoms with Gasteiger partial charge in [0, 0.05) is 49.3 Å². The molecular weight excluding hydrogens is 306 g/mol. The highest BCUT2D eigenvalue weighted by Crippen LogP contribution is 2.23. The maximum atomic E-state index is 12.4. The molecule has 1 aliphatic heterocycles. The van der Waals surface area contributed by atoms with Crippen molar-refractivity contribution >= 4 is 17.7 Å². The molecule has 1 amide bonds. The minimum Gasteiger partial charge on any atom is -0.352 e. The molecule has 0 aromatic heterocycles. The fraction of sp³-hybridized carbons (Fsp3) is 0.944. The van der Waals surface area contributed by atoms with E-state index >= 15 is 0 Å². The molecule has 1 saturated carbocycles. The number of piperazine rings is 1. The van der Waals surface area contributed by atoms with Gasteiger partial charge in [-0.3, -0.25) is 14.6 Å². The molecule has 0 aromatic carbocycles. The van der Waals surface area contributed by atoms with Crippen molar-refractivity contribution in [2.45, 2.75) is 70.2 Å². The van der Waals surface area contributed by atoms with Crippen LogP contribution in [0.15, 0.2) is 0 Å². The van der Waals surface area contributed by atoms with E-state index in [1.54, 1.807) is 0 Å². The van der Waals surface area contributed by atoms with Crippen molar-refractivity contribution < 1.29 is 4.79 Å². The Balaban J connectivity index is 1.65. The van der Waals surface area contributed by atoms with Gasteiger partial charge in [0.1, 0.15) is 0 Å². The first-order valence-corrected chi connectivity index (χ1v) is 10.2. The van der Waals surface area contributed by atoms with E-state index in [1.165, 1.54) is 25.1 Å². The lowest BCUT2D eigenvalue weighted by Gasteiger charge is -2.38. The molecule has 1 unspecified atom stereocenters. The first-order chi connectivity index (χ1) is 10.8. The molecule has 0 spiro atoms. The summed E-state index contributed by atoms with van der Waals surface area (Å²) in [7, 11) is 0. The molecule has 4 nitrogen and oxygen atoms in total. The average Bonchev–Trinajstić information content (AvgIpc) is 2.99. The quantitative estimate of drug-likeness (QED) is 0.805. The number of hydrogen-bond acceptors (Lipinski definition) is 4. The third-order valence-electron chi connectivity index (χ3n) is 4.98. The molecule has 1 atom stereocenters. The lowest BCUT2D eigenvalue weighted by atomic mass is 10.2. The number of amides is 1. The van der Waals surface area contributed by atoms with Crippen LogP contribution in [0.4, 0.5) is 0 Å². The van der Waals surface area contributed by atoms with E-state index in [-0.39, 0.29) is 11.9 Å². The molecule has 2 fully saturated rings. The van der Waals surface area contributed by atoms with Crippen LogP contribution in [0.25, 0.3) is 0 Å². The Morgan fingerprint density at radius 2 is 1.78 bits per heavy atom. The van der Waals surface area contributed by atoms with E-state index < -0.39 is 0 Å². The first-order valence-electron chi connectivity index (χ1n) is 9.26. The summed E-state index contributed by atoms with van der Waals surface area (Å²) in [5, 5.41) is 3.24. The Bertz CT molecular complexity index is 369. The van der Waals surface area contributed by atoms with Crippen LogP contribution < -0.4 is 5.32 Å². The van der Waals surface area contributed by atoms with Crippen molar-refractivity contribution in [2.75, 3.05) is 38.5 Å². The summed E-state index contributed by atoms with van der Waals surface area (Å²) >= 11 is 2.04. The Morgan fingerprint density at radius 1 is 1.17 bits per heavy atom. The fourth-order valence-electron chi connectivity index (χ4n) is 3.41. The Hall–Kier alpha value is -0.260. The molecule has 23 heavy (non-hydrogen) atoms. The minimum absolute atomic E-state index is 0.0155. The molecule has 1 saturated heterocycles. The maximum absolute atomic E-state index is 12.4. The van der Waals surface area contributed by atoms with Gasteiger partial charge in [0.25, 0.3) is 0 Å². The van der Waals surface area contributed by atoms with Crippen LogP contribution in [0.5, 0.6) is 0 Å². The second-order valence-corrected chi connectivity index (χ2v) is 9.93. The summed E-state index contributed by atoms with van der Waals surface area (Å²) in [6.45, 7) is 14.3. The van der Waals surface area contributed by atoms with E-state index in [1.807, 2.05) is 11.8 Å². The van der Waals surface area contributed by atoms with Gasteiger partial charge >= 0.3 is 0 Å². The van der Waals surface area contributed by atoms with Crippen molar-refractivity contribution in [3.05, 3.63) is 0 Å². The van der Waals surface area contributed by atoms with E-state index in [2.05, 4.69) is 42.8 Å². The standard InChI is InChI=1S/C18H35N3OS/c1-15(17(22)19-16-7-5-6-8-16)21-11-9-20(10-12-21)13-14-23-18(2,3)4/h15-16H,5-14H2,1-4H3,(H,19,22). The van der Waals surface area contributed by atoms with Crippen molar-refractivity contribution in [1.29, 1.82) is 0 Å². The summed E-state index contributed by atoms with van der Waals surface area (Å²) in [5.74, 6) is 1.43. The summed E-state index contributed by atoms with van der Waals surface area (Å²) in [6.07, 6.45) is 4.87. The predicted molar refractivity (Wildman–Crippen MR) is 100 cm³/mol. The van der Waals surface area contributed by atoms with Gasteiger partial charge in [-0.05, 0) is 19.8 Å². The molecule has 5 heteroatoms. The second-order valence-electron chi connectivity index (χ2n) is 8.00. The Morgan fingerprint density at radius 3 is 2.35 bits per heavy atom. The highest BCUT2D eigenvalue weighted by atomic mass is 32.2. The highest BCUT2D eigenvalue weighted by Gasteiger charge is 2.27. The van der Waals surface area contributed by atoms with Crippen LogP contribution in [-0.4, -0.2) is 71.0 Å². The monoisotopic (exact) mass is 341 g/mol. The van der Waals surface area contributed by atoms with Crippen molar-refractivity contribution in [1.82, 2.24) is 15.1 Å². The topological polar surface area (TPSA) is 35.6 Å². The fourth-order valence-corrected chi connectivity index (χ4v) is 4.37. The van der Waals surface area contributed by atoms with Gasteiger partial charge in [-0.2, -0.15) is 11.8 Å². The zero-order chi connectivity index (χ0) is 16.9. The molecule has 0 bridgehead atoms. The Labute approximate surface area is 146 Å². The minimum atomic E-state index is 0.0155. The molecule has 2 rings (SSSR count). The molecule has 0 radical (unpaired) electrons. The molecule has 134 valence electrons. The lowest BCUT2D eigenvalue weighted by molar-refractivity contribution is -0.127. The first kappa shape index (κ1) is 19.1. The predicted octanol–water partition coefficient (Wildman–Crippen LogP) is 2.58. The highest BCUT2D eigenvalue weighted by molar-refractivity contribution is 8.00. The lowest BCUT2D eigenvalue weighted by Crippen LogP contribution is -2.55. The average molecular weight is 342 g/mol. The third-order valence-corrected chi connectivity index (χ3v) is 6.23. The Kier molecular flexibility index (Phi) is 7.23. The van der Waals surface area contributed by atoms with Crippen molar-refractivity contribution in [3.63, 3.8) is 0 Å². The van der Waals surface area contributed by atoms with Gasteiger partial charge in [0.2, 0.25) is 5.91 Å². The van der Waals surface area contributed by atoms with E-state index in [9.17, 15) is 4.79 Å². The molecule has 2 aliphatic rings. The number of thioether (sulfide) groups is 1. The van der Waals surface area contributed by atoms with Crippen LogP contribution in [-0.2, 0) is 4.79 Å². The summed E-state index contributed by atoms with van der Waals surface area (Å²) < 4.78 is 0.356. The van der Waals surface area contributed by atoms with E-state index in [0.29, 0.717) is 10.8 Å². The van der Waals surface area contributed by atoms with Crippen molar-refractivity contribution in [2.24, 2.45) is 0 Å². The summed E-state index contributed by atoms with van der Waals surface area (Å²) in [4.78, 5) is 17.3. The summed E-state index contributed by atoms with van der Waals surface area (Å²) in [5.41, 5.74) is 0. The molecular formula is C18H35N3OS. The molecule has 1 heterocycles. The summed E-state index contributed by atoms with van der Waals surface area (Å²) in [6, 6.07) is 0.447. The number of nitrogens with zero attached hydrogens (tertiary/aromatic N) is 2. The van der Waals surface area contributed by atoms with E-state index in [4.69, 9.17) is 0 Å². The van der Waals surface area contributed by atoms with E-state index in [0.717, 1.165) is 39.0 Å². The van der Waals surface area contributed by atoms with Gasteiger partial charge in [-0.25, -0.2) is 0 Å². The van der Waals surface area contributed by atoms with Crippen LogP contribution >= 0.6 is 11.8 Å².